The third kappa shape index (κ3) is 2.70. The van der Waals surface area contributed by atoms with Gasteiger partial charge in [0, 0.05) is 7.11 Å². The summed E-state index contributed by atoms with van der Waals surface area (Å²) in [5, 5.41) is 0. The Balaban J connectivity index is 5.14. The van der Waals surface area contributed by atoms with E-state index in [0.717, 1.165) is 0 Å². The van der Waals surface area contributed by atoms with E-state index in [9.17, 15) is 35.1 Å². The van der Waals surface area contributed by atoms with Crippen molar-refractivity contribution in [2.45, 2.75) is 24.1 Å². The van der Waals surface area contributed by atoms with Gasteiger partial charge in [-0.25, -0.2) is 13.2 Å². The second-order valence-corrected chi connectivity index (χ2v) is 2.63. The van der Waals surface area contributed by atoms with E-state index in [4.69, 9.17) is 0 Å². The van der Waals surface area contributed by atoms with Gasteiger partial charge < -0.3 is 4.74 Å². The molecule has 0 aliphatic heterocycles. The summed E-state index contributed by atoms with van der Waals surface area (Å²) in [7, 11) is 0.216. The van der Waals surface area contributed by atoms with Crippen molar-refractivity contribution in [2.24, 2.45) is 0 Å². The molecule has 0 rings (SSSR count). The molecule has 1 nitrogen and oxygen atoms in total. The van der Waals surface area contributed by atoms with Crippen LogP contribution in [0.4, 0.5) is 35.1 Å². The van der Waals surface area contributed by atoms with E-state index < -0.39 is 30.8 Å². The van der Waals surface area contributed by atoms with E-state index in [1.807, 2.05) is 0 Å². The monoisotopic (exact) mass is 246 g/mol. The third-order valence-electron chi connectivity index (χ3n) is 1.50. The minimum atomic E-state index is -6.23. The van der Waals surface area contributed by atoms with Gasteiger partial charge in [-0.1, -0.05) is 0 Å². The summed E-state index contributed by atoms with van der Waals surface area (Å²) in [4.78, 5) is 0. The topological polar surface area (TPSA) is 9.23 Å². The van der Waals surface area contributed by atoms with Gasteiger partial charge in [-0.2, -0.15) is 22.0 Å². The largest absolute Gasteiger partial charge is 0.456 e. The number of hydrogen-bond acceptors (Lipinski definition) is 1. The van der Waals surface area contributed by atoms with Gasteiger partial charge in [0.2, 0.25) is 0 Å². The minimum Gasteiger partial charge on any atom is -0.369 e. The highest BCUT2D eigenvalue weighted by atomic mass is 19.4. The Kier molecular flexibility index (Phi) is 3.94. The Hall–Kier alpha value is -0.600. The zero-order valence-corrected chi connectivity index (χ0v) is 7.22. The first-order valence-electron chi connectivity index (χ1n) is 3.41. The molecule has 0 saturated carbocycles. The lowest BCUT2D eigenvalue weighted by molar-refractivity contribution is -0.345. The summed E-state index contributed by atoms with van der Waals surface area (Å²) in [6.45, 7) is -2.67. The molecule has 0 aliphatic carbocycles. The van der Waals surface area contributed by atoms with Gasteiger partial charge in [0.1, 0.15) is 0 Å². The van der Waals surface area contributed by atoms with E-state index in [1.54, 1.807) is 0 Å². The maximum atomic E-state index is 12.4. The van der Waals surface area contributed by atoms with Crippen LogP contribution in [0.5, 0.6) is 0 Å². The zero-order valence-electron chi connectivity index (χ0n) is 7.22. The molecule has 0 fully saturated rings. The van der Waals surface area contributed by atoms with Crippen molar-refractivity contribution < 1.29 is 39.9 Å². The van der Waals surface area contributed by atoms with Crippen LogP contribution in [-0.4, -0.2) is 37.9 Å². The van der Waals surface area contributed by atoms with Gasteiger partial charge in [0.25, 0.3) is 0 Å². The normalized spacial score (nSPS) is 16.6. The van der Waals surface area contributed by atoms with Crippen molar-refractivity contribution in [3.63, 3.8) is 0 Å². The van der Waals surface area contributed by atoms with Crippen LogP contribution >= 0.6 is 0 Å². The van der Waals surface area contributed by atoms with Gasteiger partial charge in [-0.15, -0.1) is 0 Å². The number of alkyl halides is 8. The molecule has 0 aromatic heterocycles. The molecule has 0 spiro atoms. The van der Waals surface area contributed by atoms with E-state index in [0.29, 0.717) is 0 Å². The molecular weight excluding hydrogens is 240 g/mol. The molecule has 0 radical (unpaired) electrons. The second-order valence-electron chi connectivity index (χ2n) is 2.63. The van der Waals surface area contributed by atoms with Crippen molar-refractivity contribution in [1.82, 2.24) is 0 Å². The van der Waals surface area contributed by atoms with Crippen LogP contribution in [0.2, 0.25) is 0 Å². The summed E-state index contributed by atoms with van der Waals surface area (Å²) in [6.07, 6.45) is -10.1. The molecule has 0 bridgehead atoms. The predicted molar refractivity (Wildman–Crippen MR) is 32.7 cm³/mol. The lowest BCUT2D eigenvalue weighted by Crippen LogP contribution is -2.57. The number of halogens is 8. The standard InChI is InChI=1S/C6H6F8O/c1-15-3(4(8,9)2-7)5(10,11)6(12,13)14/h3H,2H2,1H3. The Bertz CT molecular complexity index is 210. The SMILES string of the molecule is COC(C(F)(F)CF)C(F)(F)C(F)(F)F. The highest BCUT2D eigenvalue weighted by Crippen LogP contribution is 2.44. The van der Waals surface area contributed by atoms with Crippen molar-refractivity contribution in [2.75, 3.05) is 13.8 Å². The van der Waals surface area contributed by atoms with Gasteiger partial charge in [-0.3, -0.25) is 0 Å². The van der Waals surface area contributed by atoms with Gasteiger partial charge in [0.05, 0.1) is 0 Å². The quantitative estimate of drug-likeness (QED) is 0.693. The van der Waals surface area contributed by atoms with Crippen molar-refractivity contribution in [1.29, 1.82) is 0 Å². The minimum absolute atomic E-state index is 0.216. The van der Waals surface area contributed by atoms with E-state index in [1.165, 1.54) is 0 Å². The van der Waals surface area contributed by atoms with Crippen LogP contribution in [0, 0.1) is 0 Å². The van der Waals surface area contributed by atoms with Crippen molar-refractivity contribution in [3.05, 3.63) is 0 Å². The summed E-state index contributed by atoms with van der Waals surface area (Å²) < 4.78 is 99.4. The third-order valence-corrected chi connectivity index (χ3v) is 1.50. The first-order valence-corrected chi connectivity index (χ1v) is 3.41. The Morgan fingerprint density at radius 1 is 1.00 bits per heavy atom. The molecule has 15 heavy (non-hydrogen) atoms. The van der Waals surface area contributed by atoms with E-state index in [2.05, 4.69) is 4.74 Å². The van der Waals surface area contributed by atoms with Crippen LogP contribution in [0.1, 0.15) is 0 Å². The predicted octanol–water partition coefficient (Wildman–Crippen LogP) is 2.80. The molecule has 0 aliphatic rings. The van der Waals surface area contributed by atoms with Crippen LogP contribution < -0.4 is 0 Å². The van der Waals surface area contributed by atoms with Gasteiger partial charge >= 0.3 is 18.0 Å². The second kappa shape index (κ2) is 4.11. The molecule has 0 aromatic carbocycles. The molecule has 0 amide bonds. The fraction of sp³-hybridized carbons (Fsp3) is 1.00. The number of rotatable bonds is 4. The maximum absolute atomic E-state index is 12.4. The van der Waals surface area contributed by atoms with E-state index >= 15 is 0 Å². The molecule has 1 unspecified atom stereocenters. The first kappa shape index (κ1) is 14.4. The molecule has 0 heterocycles. The summed E-state index contributed by atoms with van der Waals surface area (Å²) >= 11 is 0. The van der Waals surface area contributed by atoms with Gasteiger partial charge in [0.15, 0.2) is 12.8 Å². The first-order chi connectivity index (χ1) is 6.50. The lowest BCUT2D eigenvalue weighted by atomic mass is 10.1. The number of ether oxygens (including phenoxy) is 1. The molecule has 9 heteroatoms. The summed E-state index contributed by atoms with van der Waals surface area (Å²) in [5.74, 6) is -10.7. The maximum Gasteiger partial charge on any atom is 0.456 e. The smallest absolute Gasteiger partial charge is 0.369 e. The Morgan fingerprint density at radius 3 is 1.60 bits per heavy atom. The molecule has 92 valence electrons. The molecule has 1 atom stereocenters. The highest BCUT2D eigenvalue weighted by molar-refractivity contribution is 4.94. The fourth-order valence-electron chi connectivity index (χ4n) is 0.804. The van der Waals surface area contributed by atoms with Crippen LogP contribution in [-0.2, 0) is 4.74 Å². The van der Waals surface area contributed by atoms with Crippen LogP contribution in [0.25, 0.3) is 0 Å². The van der Waals surface area contributed by atoms with Crippen LogP contribution in [0.15, 0.2) is 0 Å². The van der Waals surface area contributed by atoms with Crippen molar-refractivity contribution >= 4 is 0 Å². The number of hydrogen-bond donors (Lipinski definition) is 0. The Labute approximate surface area is 79.0 Å². The zero-order chi connectivity index (χ0) is 12.5. The summed E-state index contributed by atoms with van der Waals surface area (Å²) in [6, 6.07) is 0. The van der Waals surface area contributed by atoms with Crippen LogP contribution in [0.3, 0.4) is 0 Å². The molecular formula is C6H6F8O. The molecule has 0 N–H and O–H groups in total. The number of methoxy groups -OCH3 is 1. The van der Waals surface area contributed by atoms with Crippen molar-refractivity contribution in [3.8, 4) is 0 Å². The highest BCUT2D eigenvalue weighted by Gasteiger charge is 2.69. The molecule has 0 aromatic rings. The lowest BCUT2D eigenvalue weighted by Gasteiger charge is -2.31. The van der Waals surface area contributed by atoms with E-state index in [-0.39, 0.29) is 7.11 Å². The molecule has 0 saturated heterocycles. The summed E-state index contributed by atoms with van der Waals surface area (Å²) in [5.41, 5.74) is 0. The fourth-order valence-corrected chi connectivity index (χ4v) is 0.804. The average molecular weight is 246 g/mol. The van der Waals surface area contributed by atoms with Gasteiger partial charge in [-0.05, 0) is 0 Å². The average Bonchev–Trinajstić information content (AvgIpc) is 2.02. The Morgan fingerprint density at radius 2 is 1.40 bits per heavy atom.